The second-order valence-electron chi connectivity index (χ2n) is 5.80. The lowest BCUT2D eigenvalue weighted by molar-refractivity contribution is -0.131. The normalized spacial score (nSPS) is 14.5. The summed E-state index contributed by atoms with van der Waals surface area (Å²) < 4.78 is 18.6. The Morgan fingerprint density at radius 1 is 1.16 bits per heavy atom. The van der Waals surface area contributed by atoms with Gasteiger partial charge in [0.1, 0.15) is 0 Å². The molecular weight excluding hydrogens is 343 g/mol. The van der Waals surface area contributed by atoms with Crippen LogP contribution >= 0.6 is 11.3 Å². The van der Waals surface area contributed by atoms with Crippen LogP contribution in [0.4, 0.5) is 4.39 Å². The van der Waals surface area contributed by atoms with Gasteiger partial charge in [-0.3, -0.25) is 9.59 Å². The molecule has 0 spiro atoms. The van der Waals surface area contributed by atoms with Gasteiger partial charge in [-0.2, -0.15) is 0 Å². The number of carbonyl (C=O) groups is 2. The summed E-state index contributed by atoms with van der Waals surface area (Å²) in [4.78, 5) is 28.9. The van der Waals surface area contributed by atoms with Gasteiger partial charge in [0, 0.05) is 26.2 Å². The molecule has 7 heteroatoms. The van der Waals surface area contributed by atoms with Crippen LogP contribution in [0.5, 0.6) is 5.75 Å². The van der Waals surface area contributed by atoms with E-state index >= 15 is 0 Å². The van der Waals surface area contributed by atoms with Gasteiger partial charge < -0.3 is 14.5 Å². The third-order valence-corrected chi connectivity index (χ3v) is 5.08. The molecule has 25 heavy (non-hydrogen) atoms. The predicted octanol–water partition coefficient (Wildman–Crippen LogP) is 2.42. The lowest BCUT2D eigenvalue weighted by Crippen LogP contribution is -2.50. The molecule has 0 N–H and O–H groups in total. The van der Waals surface area contributed by atoms with Crippen molar-refractivity contribution in [3.05, 3.63) is 52.0 Å². The first-order valence-electron chi connectivity index (χ1n) is 8.01. The molecule has 1 saturated heterocycles. The lowest BCUT2D eigenvalue weighted by Gasteiger charge is -2.34. The molecule has 0 saturated carbocycles. The number of piperazine rings is 1. The molecule has 2 aromatic rings. The van der Waals surface area contributed by atoms with Crippen LogP contribution in [0.1, 0.15) is 15.2 Å². The van der Waals surface area contributed by atoms with Gasteiger partial charge in [-0.1, -0.05) is 12.1 Å². The monoisotopic (exact) mass is 362 g/mol. The number of benzene rings is 1. The first-order valence-corrected chi connectivity index (χ1v) is 8.89. The Balaban J connectivity index is 1.55. The van der Waals surface area contributed by atoms with Crippen LogP contribution in [-0.4, -0.2) is 54.9 Å². The molecule has 1 aliphatic heterocycles. The number of rotatable bonds is 4. The van der Waals surface area contributed by atoms with Gasteiger partial charge >= 0.3 is 0 Å². The van der Waals surface area contributed by atoms with Crippen molar-refractivity contribution >= 4 is 23.2 Å². The van der Waals surface area contributed by atoms with Crippen molar-refractivity contribution in [2.24, 2.45) is 0 Å². The summed E-state index contributed by atoms with van der Waals surface area (Å²) >= 11 is 1.42. The van der Waals surface area contributed by atoms with Crippen LogP contribution in [-0.2, 0) is 11.2 Å². The third kappa shape index (κ3) is 3.99. The van der Waals surface area contributed by atoms with Crippen LogP contribution < -0.4 is 4.74 Å². The summed E-state index contributed by atoms with van der Waals surface area (Å²) in [5.74, 6) is -0.358. The van der Waals surface area contributed by atoms with E-state index < -0.39 is 5.82 Å². The molecule has 132 valence electrons. The second-order valence-corrected chi connectivity index (χ2v) is 6.74. The van der Waals surface area contributed by atoms with Gasteiger partial charge in [-0.05, 0) is 29.1 Å². The highest BCUT2D eigenvalue weighted by molar-refractivity contribution is 7.12. The fourth-order valence-electron chi connectivity index (χ4n) is 2.82. The highest BCUT2D eigenvalue weighted by Gasteiger charge is 2.25. The molecule has 0 aliphatic carbocycles. The first kappa shape index (κ1) is 17.4. The summed E-state index contributed by atoms with van der Waals surface area (Å²) in [6.07, 6.45) is 0.139. The van der Waals surface area contributed by atoms with Crippen molar-refractivity contribution in [1.29, 1.82) is 0 Å². The van der Waals surface area contributed by atoms with Crippen LogP contribution in [0, 0.1) is 5.82 Å². The number of ether oxygens (including phenoxy) is 1. The summed E-state index contributed by atoms with van der Waals surface area (Å²) in [5.41, 5.74) is 0.611. The van der Waals surface area contributed by atoms with Gasteiger partial charge in [0.15, 0.2) is 11.6 Å². The average Bonchev–Trinajstić information content (AvgIpc) is 3.16. The van der Waals surface area contributed by atoms with Crippen molar-refractivity contribution in [2.45, 2.75) is 6.42 Å². The smallest absolute Gasteiger partial charge is 0.264 e. The number of carbonyl (C=O) groups excluding carboxylic acids is 2. The molecule has 1 fully saturated rings. The van der Waals surface area contributed by atoms with Crippen molar-refractivity contribution in [1.82, 2.24) is 9.80 Å². The Bertz CT molecular complexity index is 756. The van der Waals surface area contributed by atoms with Crippen LogP contribution in [0.25, 0.3) is 0 Å². The standard InChI is InChI=1S/C18H19FN2O3S/c1-24-15-5-4-13(11-14(15)19)12-17(22)20-6-8-21(9-7-20)18(23)16-3-2-10-25-16/h2-5,10-11H,6-9,12H2,1H3. The van der Waals surface area contributed by atoms with E-state index in [2.05, 4.69) is 0 Å². The molecule has 2 amide bonds. The van der Waals surface area contributed by atoms with Crippen LogP contribution in [0.2, 0.25) is 0 Å². The van der Waals surface area contributed by atoms with E-state index in [1.807, 2.05) is 17.5 Å². The zero-order valence-electron chi connectivity index (χ0n) is 13.9. The molecule has 0 unspecified atom stereocenters. The molecule has 2 heterocycles. The molecular formula is C18H19FN2O3S. The fourth-order valence-corrected chi connectivity index (χ4v) is 3.51. The molecule has 0 bridgehead atoms. The van der Waals surface area contributed by atoms with E-state index in [1.165, 1.54) is 30.6 Å². The minimum Gasteiger partial charge on any atom is -0.494 e. The highest BCUT2D eigenvalue weighted by atomic mass is 32.1. The number of hydrogen-bond donors (Lipinski definition) is 0. The van der Waals surface area contributed by atoms with E-state index in [9.17, 15) is 14.0 Å². The first-order chi connectivity index (χ1) is 12.1. The van der Waals surface area contributed by atoms with E-state index in [1.54, 1.807) is 15.9 Å². The fraction of sp³-hybridized carbons (Fsp3) is 0.333. The van der Waals surface area contributed by atoms with E-state index in [4.69, 9.17) is 4.74 Å². The van der Waals surface area contributed by atoms with Crippen molar-refractivity contribution in [3.63, 3.8) is 0 Å². The maximum Gasteiger partial charge on any atom is 0.264 e. The molecule has 0 atom stereocenters. The Labute approximate surface area is 149 Å². The number of nitrogens with zero attached hydrogens (tertiary/aromatic N) is 2. The third-order valence-electron chi connectivity index (χ3n) is 4.22. The van der Waals surface area contributed by atoms with E-state index in [-0.39, 0.29) is 24.0 Å². The van der Waals surface area contributed by atoms with Gasteiger partial charge in [0.05, 0.1) is 18.4 Å². The van der Waals surface area contributed by atoms with Gasteiger partial charge in [0.2, 0.25) is 5.91 Å². The molecule has 1 aromatic heterocycles. The summed E-state index contributed by atoms with van der Waals surface area (Å²) in [6.45, 7) is 2.02. The SMILES string of the molecule is COc1ccc(CC(=O)N2CCN(C(=O)c3cccs3)CC2)cc1F. The molecule has 0 radical (unpaired) electrons. The summed E-state index contributed by atoms with van der Waals surface area (Å²) in [7, 11) is 1.40. The quantitative estimate of drug-likeness (QED) is 0.839. The molecule has 1 aliphatic rings. The second kappa shape index (κ2) is 7.65. The van der Waals surface area contributed by atoms with Crippen molar-refractivity contribution in [2.75, 3.05) is 33.3 Å². The van der Waals surface area contributed by atoms with Crippen molar-refractivity contribution < 1.29 is 18.7 Å². The Kier molecular flexibility index (Phi) is 5.33. The number of thiophene rings is 1. The maximum absolute atomic E-state index is 13.7. The predicted molar refractivity (Wildman–Crippen MR) is 93.5 cm³/mol. The zero-order chi connectivity index (χ0) is 17.8. The lowest BCUT2D eigenvalue weighted by atomic mass is 10.1. The molecule has 1 aromatic carbocycles. The average molecular weight is 362 g/mol. The zero-order valence-corrected chi connectivity index (χ0v) is 14.7. The topological polar surface area (TPSA) is 49.9 Å². The van der Waals surface area contributed by atoms with Gasteiger partial charge in [-0.15, -0.1) is 11.3 Å². The van der Waals surface area contributed by atoms with Gasteiger partial charge in [0.25, 0.3) is 5.91 Å². The number of halogens is 1. The highest BCUT2D eigenvalue weighted by Crippen LogP contribution is 2.19. The number of methoxy groups -OCH3 is 1. The molecule has 5 nitrogen and oxygen atoms in total. The van der Waals surface area contributed by atoms with Gasteiger partial charge in [-0.25, -0.2) is 4.39 Å². The van der Waals surface area contributed by atoms with E-state index in [0.29, 0.717) is 36.6 Å². The minimum atomic E-state index is -0.473. The summed E-state index contributed by atoms with van der Waals surface area (Å²) in [5, 5.41) is 1.88. The Morgan fingerprint density at radius 2 is 1.88 bits per heavy atom. The van der Waals surface area contributed by atoms with Crippen molar-refractivity contribution in [3.8, 4) is 5.75 Å². The number of hydrogen-bond acceptors (Lipinski definition) is 4. The Hall–Kier alpha value is -2.41. The minimum absolute atomic E-state index is 0.0133. The van der Waals surface area contributed by atoms with Crippen LogP contribution in [0.15, 0.2) is 35.7 Å². The Morgan fingerprint density at radius 3 is 2.48 bits per heavy atom. The number of amides is 2. The maximum atomic E-state index is 13.7. The largest absolute Gasteiger partial charge is 0.494 e. The molecule has 3 rings (SSSR count). The van der Waals surface area contributed by atoms with Crippen LogP contribution in [0.3, 0.4) is 0 Å². The van der Waals surface area contributed by atoms with E-state index in [0.717, 1.165) is 0 Å². The summed E-state index contributed by atoms with van der Waals surface area (Å²) in [6, 6.07) is 8.20.